The van der Waals surface area contributed by atoms with Gasteiger partial charge in [0, 0.05) is 6.61 Å². The summed E-state index contributed by atoms with van der Waals surface area (Å²) in [7, 11) is 0. The molecule has 0 bridgehead atoms. The molecule has 11 heavy (non-hydrogen) atoms. The van der Waals surface area contributed by atoms with Crippen LogP contribution in [0.5, 0.6) is 0 Å². The third kappa shape index (κ3) is 7.34. The predicted octanol–water partition coefficient (Wildman–Crippen LogP) is 2.53. The smallest absolute Gasteiger partial charge is 0.0468 e. The topological polar surface area (TPSA) is 20.2 Å². The van der Waals surface area contributed by atoms with Crippen molar-refractivity contribution in [2.45, 2.75) is 27.2 Å². The van der Waals surface area contributed by atoms with E-state index in [1.165, 1.54) is 5.57 Å². The Morgan fingerprint density at radius 1 is 1.45 bits per heavy atom. The van der Waals surface area contributed by atoms with Gasteiger partial charge in [0.1, 0.15) is 0 Å². The molecule has 0 spiro atoms. The lowest BCUT2D eigenvalue weighted by Gasteiger charge is -1.94. The molecule has 0 aliphatic heterocycles. The van der Waals surface area contributed by atoms with Crippen LogP contribution in [0.25, 0.3) is 0 Å². The van der Waals surface area contributed by atoms with Gasteiger partial charge in [-0.25, -0.2) is 0 Å². The number of allylic oxidation sites excluding steroid dienone is 3. The van der Waals surface area contributed by atoms with Crippen LogP contribution in [0.15, 0.2) is 23.8 Å². The van der Waals surface area contributed by atoms with Crippen molar-refractivity contribution in [2.24, 2.45) is 5.92 Å². The third-order valence-electron chi connectivity index (χ3n) is 1.38. The van der Waals surface area contributed by atoms with Crippen molar-refractivity contribution in [3.05, 3.63) is 23.8 Å². The maximum Gasteiger partial charge on any atom is 0.0468 e. The Labute approximate surface area is 69.4 Å². The van der Waals surface area contributed by atoms with E-state index < -0.39 is 0 Å². The van der Waals surface area contributed by atoms with Crippen LogP contribution in [0.3, 0.4) is 0 Å². The van der Waals surface area contributed by atoms with Crippen LogP contribution in [-0.4, -0.2) is 11.7 Å². The minimum Gasteiger partial charge on any atom is -0.396 e. The number of aliphatic hydroxyl groups excluding tert-OH is 1. The normalized spacial score (nSPS) is 13.4. The highest BCUT2D eigenvalue weighted by Gasteiger charge is 1.85. The van der Waals surface area contributed by atoms with Gasteiger partial charge in [-0.05, 0) is 19.3 Å². The molecule has 0 aromatic rings. The summed E-state index contributed by atoms with van der Waals surface area (Å²) >= 11 is 0. The van der Waals surface area contributed by atoms with Gasteiger partial charge in [-0.15, -0.1) is 0 Å². The minimum absolute atomic E-state index is 0.248. The Morgan fingerprint density at radius 3 is 2.55 bits per heavy atom. The molecule has 0 aromatic heterocycles. The fourth-order valence-electron chi connectivity index (χ4n) is 0.702. The number of hydrogen-bond acceptors (Lipinski definition) is 1. The molecule has 1 nitrogen and oxygen atoms in total. The lowest BCUT2D eigenvalue weighted by atomic mass is 10.1. The first-order valence-corrected chi connectivity index (χ1v) is 4.11. The summed E-state index contributed by atoms with van der Waals surface area (Å²) in [6, 6.07) is 0. The van der Waals surface area contributed by atoms with E-state index in [4.69, 9.17) is 5.11 Å². The molecule has 0 aromatic carbocycles. The second-order valence-corrected chi connectivity index (χ2v) is 3.12. The van der Waals surface area contributed by atoms with Crippen molar-refractivity contribution < 1.29 is 5.11 Å². The SMILES string of the molecule is C/C(=C/C=C\C(C)C)CCO. The van der Waals surface area contributed by atoms with Gasteiger partial charge in [-0.2, -0.15) is 0 Å². The van der Waals surface area contributed by atoms with Gasteiger partial charge in [0.2, 0.25) is 0 Å². The second kappa shape index (κ2) is 6.17. The van der Waals surface area contributed by atoms with Gasteiger partial charge in [0.15, 0.2) is 0 Å². The standard InChI is InChI=1S/C10H18O/c1-9(2)5-4-6-10(3)7-8-11/h4-6,9,11H,7-8H2,1-3H3/b5-4-,10-6-. The van der Waals surface area contributed by atoms with E-state index >= 15 is 0 Å². The maximum absolute atomic E-state index is 8.58. The summed E-state index contributed by atoms with van der Waals surface area (Å²) < 4.78 is 0. The van der Waals surface area contributed by atoms with Crippen LogP contribution in [0, 0.1) is 5.92 Å². The van der Waals surface area contributed by atoms with Gasteiger partial charge < -0.3 is 5.11 Å². The van der Waals surface area contributed by atoms with E-state index in [2.05, 4.69) is 32.1 Å². The summed E-state index contributed by atoms with van der Waals surface area (Å²) in [4.78, 5) is 0. The molecule has 0 fully saturated rings. The molecule has 1 heteroatoms. The highest BCUT2D eigenvalue weighted by molar-refractivity contribution is 5.10. The molecule has 0 heterocycles. The molecule has 0 unspecified atom stereocenters. The molecule has 64 valence electrons. The molecular formula is C10H18O. The number of hydrogen-bond donors (Lipinski definition) is 1. The quantitative estimate of drug-likeness (QED) is 0.617. The second-order valence-electron chi connectivity index (χ2n) is 3.12. The van der Waals surface area contributed by atoms with Crippen molar-refractivity contribution in [2.75, 3.05) is 6.61 Å². The fraction of sp³-hybridized carbons (Fsp3) is 0.600. The van der Waals surface area contributed by atoms with Crippen LogP contribution in [0.4, 0.5) is 0 Å². The highest BCUT2D eigenvalue weighted by Crippen LogP contribution is 2.00. The zero-order valence-corrected chi connectivity index (χ0v) is 7.67. The lowest BCUT2D eigenvalue weighted by molar-refractivity contribution is 0.299. The number of rotatable bonds is 4. The summed E-state index contributed by atoms with van der Waals surface area (Å²) in [5.41, 5.74) is 1.23. The van der Waals surface area contributed by atoms with Crippen molar-refractivity contribution >= 4 is 0 Å². The monoisotopic (exact) mass is 154 g/mol. The molecule has 0 radical (unpaired) electrons. The molecule has 0 saturated heterocycles. The molecule has 1 N–H and O–H groups in total. The summed E-state index contributed by atoms with van der Waals surface area (Å²) in [5, 5.41) is 8.58. The molecule has 0 aliphatic rings. The molecule has 0 rings (SSSR count). The van der Waals surface area contributed by atoms with E-state index in [1.807, 2.05) is 6.92 Å². The predicted molar refractivity (Wildman–Crippen MR) is 49.4 cm³/mol. The Hall–Kier alpha value is -0.560. The van der Waals surface area contributed by atoms with E-state index in [0.717, 1.165) is 6.42 Å². The Bertz CT molecular complexity index is 143. The van der Waals surface area contributed by atoms with Gasteiger partial charge in [-0.3, -0.25) is 0 Å². The zero-order valence-electron chi connectivity index (χ0n) is 7.67. The third-order valence-corrected chi connectivity index (χ3v) is 1.38. The summed E-state index contributed by atoms with van der Waals surface area (Å²) in [6.45, 7) is 6.57. The van der Waals surface area contributed by atoms with Gasteiger partial charge in [-0.1, -0.05) is 37.6 Å². The first-order valence-electron chi connectivity index (χ1n) is 4.11. The molecule has 0 amide bonds. The lowest BCUT2D eigenvalue weighted by Crippen LogP contribution is -1.82. The summed E-state index contributed by atoms with van der Waals surface area (Å²) in [5.74, 6) is 0.605. The van der Waals surface area contributed by atoms with Crippen molar-refractivity contribution in [1.82, 2.24) is 0 Å². The first-order chi connectivity index (χ1) is 5.16. The van der Waals surface area contributed by atoms with E-state index in [-0.39, 0.29) is 6.61 Å². The van der Waals surface area contributed by atoms with E-state index in [9.17, 15) is 0 Å². The van der Waals surface area contributed by atoms with E-state index in [0.29, 0.717) is 5.92 Å². The van der Waals surface area contributed by atoms with E-state index in [1.54, 1.807) is 0 Å². The molecular weight excluding hydrogens is 136 g/mol. The van der Waals surface area contributed by atoms with Gasteiger partial charge in [0.05, 0.1) is 0 Å². The van der Waals surface area contributed by atoms with Crippen LogP contribution in [0.1, 0.15) is 27.2 Å². The van der Waals surface area contributed by atoms with Crippen LogP contribution >= 0.6 is 0 Å². The Morgan fingerprint density at radius 2 is 2.09 bits per heavy atom. The van der Waals surface area contributed by atoms with Crippen LogP contribution in [-0.2, 0) is 0 Å². The number of aliphatic hydroxyl groups is 1. The Balaban J connectivity index is 3.71. The average Bonchev–Trinajstić information content (AvgIpc) is 1.87. The zero-order chi connectivity index (χ0) is 8.69. The first kappa shape index (κ1) is 10.4. The average molecular weight is 154 g/mol. The largest absolute Gasteiger partial charge is 0.396 e. The molecule has 0 saturated carbocycles. The maximum atomic E-state index is 8.58. The van der Waals surface area contributed by atoms with Crippen LogP contribution < -0.4 is 0 Å². The van der Waals surface area contributed by atoms with Gasteiger partial charge in [0.25, 0.3) is 0 Å². The van der Waals surface area contributed by atoms with Crippen molar-refractivity contribution in [1.29, 1.82) is 0 Å². The van der Waals surface area contributed by atoms with Crippen molar-refractivity contribution in [3.8, 4) is 0 Å². The minimum atomic E-state index is 0.248. The highest BCUT2D eigenvalue weighted by atomic mass is 16.2. The Kier molecular flexibility index (Phi) is 5.86. The van der Waals surface area contributed by atoms with Gasteiger partial charge >= 0.3 is 0 Å². The molecule has 0 aliphatic carbocycles. The summed E-state index contributed by atoms with van der Waals surface area (Å²) in [6.07, 6.45) is 7.02. The van der Waals surface area contributed by atoms with Crippen molar-refractivity contribution in [3.63, 3.8) is 0 Å². The fourth-order valence-corrected chi connectivity index (χ4v) is 0.702. The molecule has 0 atom stereocenters. The van der Waals surface area contributed by atoms with Crippen LogP contribution in [0.2, 0.25) is 0 Å².